The average Bonchev–Trinajstić information content (AvgIpc) is 3.49. The van der Waals surface area contributed by atoms with Gasteiger partial charge in [-0.05, 0) is 48.5 Å². The van der Waals surface area contributed by atoms with Gasteiger partial charge < -0.3 is 29.2 Å². The summed E-state index contributed by atoms with van der Waals surface area (Å²) < 4.78 is 22.0. The van der Waals surface area contributed by atoms with Crippen LogP contribution in [0.2, 0.25) is 0 Å². The zero-order chi connectivity index (χ0) is 32.5. The standard InChI is InChI=1S/C17H27NO5.C14H21NO5/c1-6-8-12-10-18(16(21)23-17(3,4)5)14(13(20)11-19)15(12)22-9-7-2;1-14(2,3)20-13(18)15-7-9-5-4-6-19-12(9)11(15)10(17)8-16/h6-8,12,14-15,19H,2,9-11H2,1,3-5H3;4-5,9,11-12,16H,6-8H2,1-3H3/b8-6+;/t12-,14+,15+;9-,11+,12+/m00/s1. The number of ketones is 2. The Morgan fingerprint density at radius 3 is 1.95 bits per heavy atom. The summed E-state index contributed by atoms with van der Waals surface area (Å²) in [5.41, 5.74) is -1.30. The highest BCUT2D eigenvalue weighted by Crippen LogP contribution is 2.32. The van der Waals surface area contributed by atoms with Gasteiger partial charge in [0.1, 0.15) is 36.5 Å². The number of aliphatic hydroxyl groups excluding tert-OH is 2. The minimum atomic E-state index is -0.865. The highest BCUT2D eigenvalue weighted by molar-refractivity contribution is 5.90. The van der Waals surface area contributed by atoms with Crippen LogP contribution in [-0.2, 0) is 28.5 Å². The Morgan fingerprint density at radius 2 is 1.47 bits per heavy atom. The van der Waals surface area contributed by atoms with E-state index in [2.05, 4.69) is 6.58 Å². The Kier molecular flexibility index (Phi) is 13.1. The highest BCUT2D eigenvalue weighted by atomic mass is 16.6. The zero-order valence-electron chi connectivity index (χ0n) is 26.4. The van der Waals surface area contributed by atoms with Gasteiger partial charge in [-0.2, -0.15) is 0 Å². The molecule has 0 unspecified atom stereocenters. The van der Waals surface area contributed by atoms with Crippen LogP contribution in [0.4, 0.5) is 9.59 Å². The van der Waals surface area contributed by atoms with Gasteiger partial charge in [0.2, 0.25) is 0 Å². The van der Waals surface area contributed by atoms with E-state index < -0.39 is 72.5 Å². The van der Waals surface area contributed by atoms with Crippen LogP contribution in [-0.4, -0.2) is 119 Å². The van der Waals surface area contributed by atoms with Gasteiger partial charge in [0, 0.05) is 24.9 Å². The first kappa shape index (κ1) is 36.1. The molecule has 3 aliphatic rings. The van der Waals surface area contributed by atoms with Crippen LogP contribution < -0.4 is 0 Å². The molecule has 3 rings (SSSR count). The summed E-state index contributed by atoms with van der Waals surface area (Å²) in [6.45, 7) is 16.2. The molecule has 2 amide bonds. The Labute approximate surface area is 254 Å². The third kappa shape index (κ3) is 9.99. The molecule has 3 aliphatic heterocycles. The van der Waals surface area contributed by atoms with Crippen LogP contribution in [0.3, 0.4) is 0 Å². The molecular weight excluding hydrogens is 560 g/mol. The van der Waals surface area contributed by atoms with Crippen molar-refractivity contribution in [3.63, 3.8) is 0 Å². The molecule has 0 aromatic carbocycles. The van der Waals surface area contributed by atoms with Gasteiger partial charge in [-0.1, -0.05) is 30.4 Å². The van der Waals surface area contributed by atoms with Crippen molar-refractivity contribution in [2.45, 2.75) is 84.0 Å². The number of hydrogen-bond donors (Lipinski definition) is 2. The fourth-order valence-electron chi connectivity index (χ4n) is 5.22. The van der Waals surface area contributed by atoms with Crippen molar-refractivity contribution in [1.82, 2.24) is 9.80 Å². The number of likely N-dealkylation sites (tertiary alicyclic amines) is 2. The lowest BCUT2D eigenvalue weighted by Crippen LogP contribution is -2.48. The van der Waals surface area contributed by atoms with E-state index in [9.17, 15) is 24.3 Å². The van der Waals surface area contributed by atoms with Crippen LogP contribution >= 0.6 is 0 Å². The number of amides is 2. The SMILES string of the molecule is C=CCO[C@H]1[C@@H](C(=O)CO)N(C(=O)OC(C)(C)C)C[C@@H]1/C=C/C.CC(C)(C)OC(=O)N1C[C@@H]2C=CCO[C@H]2[C@H]1C(=O)CO. The molecule has 12 heteroatoms. The summed E-state index contributed by atoms with van der Waals surface area (Å²) >= 11 is 0. The molecule has 2 saturated heterocycles. The smallest absolute Gasteiger partial charge is 0.411 e. The van der Waals surface area contributed by atoms with Crippen LogP contribution in [0.1, 0.15) is 48.5 Å². The van der Waals surface area contributed by atoms with Gasteiger partial charge >= 0.3 is 12.2 Å². The number of hydrogen-bond acceptors (Lipinski definition) is 10. The third-order valence-electron chi connectivity index (χ3n) is 6.79. The molecule has 12 nitrogen and oxygen atoms in total. The third-order valence-corrected chi connectivity index (χ3v) is 6.79. The van der Waals surface area contributed by atoms with E-state index >= 15 is 0 Å². The molecule has 0 radical (unpaired) electrons. The van der Waals surface area contributed by atoms with E-state index in [1.165, 1.54) is 9.80 Å². The maximum absolute atomic E-state index is 12.4. The van der Waals surface area contributed by atoms with Crippen molar-refractivity contribution in [1.29, 1.82) is 0 Å². The number of carbonyl (C=O) groups excluding carboxylic acids is 4. The molecule has 0 aromatic rings. The summed E-state index contributed by atoms with van der Waals surface area (Å²) in [4.78, 5) is 51.5. The predicted octanol–water partition coefficient (Wildman–Crippen LogP) is 2.67. The minimum absolute atomic E-state index is 0.0308. The molecule has 43 heavy (non-hydrogen) atoms. The molecule has 242 valence electrons. The van der Waals surface area contributed by atoms with E-state index in [4.69, 9.17) is 24.1 Å². The topological polar surface area (TPSA) is 152 Å². The highest BCUT2D eigenvalue weighted by Gasteiger charge is 2.50. The molecule has 0 saturated carbocycles. The van der Waals surface area contributed by atoms with Gasteiger partial charge in [-0.15, -0.1) is 6.58 Å². The van der Waals surface area contributed by atoms with Crippen molar-refractivity contribution in [2.75, 3.05) is 39.5 Å². The van der Waals surface area contributed by atoms with E-state index in [0.29, 0.717) is 19.7 Å². The molecule has 0 bridgehead atoms. The molecular formula is C31H48N2O10. The second-order valence-corrected chi connectivity index (χ2v) is 12.6. The van der Waals surface area contributed by atoms with Crippen LogP contribution in [0.25, 0.3) is 0 Å². The Hall–Kier alpha value is -3.06. The van der Waals surface area contributed by atoms with Crippen LogP contribution in [0, 0.1) is 11.8 Å². The second kappa shape index (κ2) is 15.6. The molecule has 2 N–H and O–H groups in total. The van der Waals surface area contributed by atoms with Gasteiger partial charge in [-0.25, -0.2) is 9.59 Å². The molecule has 0 aliphatic carbocycles. The number of aliphatic hydroxyl groups is 2. The number of nitrogens with zero attached hydrogens (tertiary/aromatic N) is 2. The molecule has 0 spiro atoms. The Bertz CT molecular complexity index is 1060. The first-order valence-electron chi connectivity index (χ1n) is 14.5. The van der Waals surface area contributed by atoms with Gasteiger partial charge in [0.05, 0.1) is 25.4 Å². The van der Waals surface area contributed by atoms with Crippen molar-refractivity contribution in [3.8, 4) is 0 Å². The van der Waals surface area contributed by atoms with Gasteiger partial charge in [0.15, 0.2) is 11.6 Å². The quantitative estimate of drug-likeness (QED) is 0.394. The van der Waals surface area contributed by atoms with Crippen LogP contribution in [0.5, 0.6) is 0 Å². The summed E-state index contributed by atoms with van der Waals surface area (Å²) in [5.74, 6) is -1.06. The number of allylic oxidation sites excluding steroid dienone is 1. The van der Waals surface area contributed by atoms with Crippen molar-refractivity contribution >= 4 is 23.8 Å². The molecule has 0 aromatic heterocycles. The summed E-state index contributed by atoms with van der Waals surface area (Å²) in [6, 6.07) is -1.64. The maximum Gasteiger partial charge on any atom is 0.411 e. The lowest BCUT2D eigenvalue weighted by Gasteiger charge is -2.29. The monoisotopic (exact) mass is 608 g/mol. The maximum atomic E-state index is 12.4. The average molecular weight is 609 g/mol. The fourth-order valence-corrected chi connectivity index (χ4v) is 5.22. The van der Waals surface area contributed by atoms with E-state index in [1.54, 1.807) is 47.6 Å². The lowest BCUT2D eigenvalue weighted by atomic mass is 9.97. The van der Waals surface area contributed by atoms with E-state index in [0.717, 1.165) is 0 Å². The van der Waals surface area contributed by atoms with Crippen LogP contribution in [0.15, 0.2) is 37.0 Å². The van der Waals surface area contributed by atoms with Crippen molar-refractivity contribution in [3.05, 3.63) is 37.0 Å². The fraction of sp³-hybridized carbons (Fsp3) is 0.677. The van der Waals surface area contributed by atoms with Crippen molar-refractivity contribution < 1.29 is 48.3 Å². The summed E-state index contributed by atoms with van der Waals surface area (Å²) in [5, 5.41) is 18.4. The molecule has 2 fully saturated rings. The lowest BCUT2D eigenvalue weighted by molar-refractivity contribution is -0.130. The number of carbonyl (C=O) groups is 4. The van der Waals surface area contributed by atoms with E-state index in [1.807, 2.05) is 31.2 Å². The number of Topliss-reactive ketones (excluding diaryl/α,β-unsaturated/α-hetero) is 2. The normalized spacial score (nSPS) is 26.9. The number of fused-ring (bicyclic) bond motifs is 1. The van der Waals surface area contributed by atoms with E-state index in [-0.39, 0.29) is 18.4 Å². The zero-order valence-corrected chi connectivity index (χ0v) is 26.4. The summed E-state index contributed by atoms with van der Waals surface area (Å²) in [6.07, 6.45) is 7.12. The number of ether oxygens (including phenoxy) is 4. The van der Waals surface area contributed by atoms with Crippen molar-refractivity contribution in [2.24, 2.45) is 11.8 Å². The summed E-state index contributed by atoms with van der Waals surface area (Å²) in [7, 11) is 0. The second-order valence-electron chi connectivity index (χ2n) is 12.6. The minimum Gasteiger partial charge on any atom is -0.444 e. The largest absolute Gasteiger partial charge is 0.444 e. The van der Waals surface area contributed by atoms with Gasteiger partial charge in [0.25, 0.3) is 0 Å². The Balaban J connectivity index is 0.000000303. The molecule has 6 atom stereocenters. The Morgan fingerprint density at radius 1 is 0.930 bits per heavy atom. The first-order chi connectivity index (χ1) is 20.1. The predicted molar refractivity (Wildman–Crippen MR) is 158 cm³/mol. The first-order valence-corrected chi connectivity index (χ1v) is 14.5. The van der Waals surface area contributed by atoms with Gasteiger partial charge in [-0.3, -0.25) is 19.4 Å². The molecule has 3 heterocycles. The number of rotatable bonds is 8.